The van der Waals surface area contributed by atoms with Gasteiger partial charge < -0.3 is 9.84 Å². The van der Waals surface area contributed by atoms with Crippen molar-refractivity contribution >= 4 is 11.6 Å². The van der Waals surface area contributed by atoms with Crippen LogP contribution in [0.2, 0.25) is 5.02 Å². The van der Waals surface area contributed by atoms with Gasteiger partial charge in [0.25, 0.3) is 0 Å². The monoisotopic (exact) mass is 465 g/mol. The number of hydrogen-bond acceptors (Lipinski definition) is 4. The van der Waals surface area contributed by atoms with Crippen LogP contribution in [0.25, 0.3) is 5.69 Å². The molecule has 0 aliphatic heterocycles. The van der Waals surface area contributed by atoms with E-state index in [2.05, 4.69) is 11.5 Å². The van der Waals surface area contributed by atoms with Crippen LogP contribution in [0.15, 0.2) is 67.3 Å². The maximum atomic E-state index is 10.6. The van der Waals surface area contributed by atoms with E-state index >= 15 is 0 Å². The second-order valence-electron chi connectivity index (χ2n) is 8.81. The summed E-state index contributed by atoms with van der Waals surface area (Å²) in [5.41, 5.74) is 2.84. The molecule has 5 nitrogen and oxygen atoms in total. The largest absolute Gasteiger partial charge is 0.437 e. The first-order valence-electron chi connectivity index (χ1n) is 11.6. The van der Waals surface area contributed by atoms with Crippen molar-refractivity contribution in [2.45, 2.75) is 45.3 Å². The number of aliphatic hydroxyl groups is 1. The van der Waals surface area contributed by atoms with Crippen LogP contribution < -0.4 is 4.74 Å². The second-order valence-corrected chi connectivity index (χ2v) is 9.21. The normalized spacial score (nSPS) is 14.4. The number of aromatic nitrogens is 2. The number of allylic oxidation sites excluding steroid dienone is 1. The lowest BCUT2D eigenvalue weighted by atomic mass is 10.1. The van der Waals surface area contributed by atoms with Crippen molar-refractivity contribution in [3.63, 3.8) is 0 Å². The lowest BCUT2D eigenvalue weighted by Crippen LogP contribution is -2.34. The molecule has 1 aliphatic carbocycles. The Bertz CT molecular complexity index is 1060. The number of aliphatic hydroxyl groups excluding tert-OH is 1. The van der Waals surface area contributed by atoms with E-state index in [1.807, 2.05) is 72.3 Å². The van der Waals surface area contributed by atoms with Crippen molar-refractivity contribution in [1.82, 2.24) is 14.7 Å². The molecular weight excluding hydrogens is 434 g/mol. The molecule has 1 heterocycles. The molecule has 1 aliphatic rings. The lowest BCUT2D eigenvalue weighted by Gasteiger charge is -2.25. The van der Waals surface area contributed by atoms with Gasteiger partial charge in [-0.25, -0.2) is 4.68 Å². The SMILES string of the molecule is C=CCC[C@H](O)CN(Cc1c(C)nn(-c2ccccc2)c1Oc1ccccc1Cl)CC1CC1. The molecule has 1 aromatic heterocycles. The van der Waals surface area contributed by atoms with Gasteiger partial charge in [-0.3, -0.25) is 4.90 Å². The predicted octanol–water partition coefficient (Wildman–Crippen LogP) is 6.17. The molecule has 0 saturated heterocycles. The Morgan fingerprint density at radius 2 is 1.94 bits per heavy atom. The van der Waals surface area contributed by atoms with Crippen molar-refractivity contribution < 1.29 is 9.84 Å². The Balaban J connectivity index is 1.67. The van der Waals surface area contributed by atoms with Crippen molar-refractivity contribution in [3.05, 3.63) is 83.5 Å². The molecule has 4 rings (SSSR count). The zero-order valence-corrected chi connectivity index (χ0v) is 19.9. The average molecular weight is 466 g/mol. The van der Waals surface area contributed by atoms with E-state index in [1.54, 1.807) is 0 Å². The molecule has 0 amide bonds. The predicted molar refractivity (Wildman–Crippen MR) is 133 cm³/mol. The van der Waals surface area contributed by atoms with Crippen LogP contribution in [0.4, 0.5) is 0 Å². The molecule has 3 aromatic rings. The van der Waals surface area contributed by atoms with Crippen molar-refractivity contribution in [2.75, 3.05) is 13.1 Å². The van der Waals surface area contributed by atoms with Crippen LogP contribution in [-0.4, -0.2) is 39.0 Å². The molecule has 1 atom stereocenters. The zero-order chi connectivity index (χ0) is 23.2. The van der Waals surface area contributed by atoms with Crippen molar-refractivity contribution in [2.24, 2.45) is 5.92 Å². The third-order valence-electron chi connectivity index (χ3n) is 5.95. The van der Waals surface area contributed by atoms with E-state index in [1.165, 1.54) is 12.8 Å². The quantitative estimate of drug-likeness (QED) is 0.325. The highest BCUT2D eigenvalue weighted by molar-refractivity contribution is 6.32. The fourth-order valence-corrected chi connectivity index (χ4v) is 4.17. The minimum atomic E-state index is -0.390. The highest BCUT2D eigenvalue weighted by Crippen LogP contribution is 2.36. The third-order valence-corrected chi connectivity index (χ3v) is 6.26. The van der Waals surface area contributed by atoms with Gasteiger partial charge in [-0.2, -0.15) is 5.10 Å². The van der Waals surface area contributed by atoms with E-state index < -0.39 is 0 Å². The van der Waals surface area contributed by atoms with E-state index in [-0.39, 0.29) is 6.10 Å². The summed E-state index contributed by atoms with van der Waals surface area (Å²) >= 11 is 6.43. The number of hydrogen-bond donors (Lipinski definition) is 1. The molecule has 33 heavy (non-hydrogen) atoms. The number of para-hydroxylation sites is 2. The Morgan fingerprint density at radius 3 is 2.64 bits per heavy atom. The summed E-state index contributed by atoms with van der Waals surface area (Å²) in [5, 5.41) is 16.0. The summed E-state index contributed by atoms with van der Waals surface area (Å²) in [6.07, 6.45) is 5.51. The summed E-state index contributed by atoms with van der Waals surface area (Å²) in [4.78, 5) is 2.34. The van der Waals surface area contributed by atoms with Gasteiger partial charge in [0.05, 0.1) is 28.1 Å². The maximum Gasteiger partial charge on any atom is 0.227 e. The second kappa shape index (κ2) is 11.0. The molecular formula is C27H32ClN3O2. The van der Waals surface area contributed by atoms with Crippen molar-refractivity contribution in [1.29, 1.82) is 0 Å². The smallest absolute Gasteiger partial charge is 0.227 e. The van der Waals surface area contributed by atoms with Crippen LogP contribution in [0.5, 0.6) is 11.6 Å². The summed E-state index contributed by atoms with van der Waals surface area (Å²) < 4.78 is 8.25. The maximum absolute atomic E-state index is 10.6. The molecule has 1 N–H and O–H groups in total. The summed E-state index contributed by atoms with van der Waals surface area (Å²) in [6, 6.07) is 17.5. The number of halogens is 1. The van der Waals surface area contributed by atoms with Gasteiger partial charge in [0.2, 0.25) is 5.88 Å². The first kappa shape index (κ1) is 23.6. The van der Waals surface area contributed by atoms with Crippen LogP contribution in [-0.2, 0) is 6.54 Å². The van der Waals surface area contributed by atoms with Crippen LogP contribution in [0, 0.1) is 12.8 Å². The first-order chi connectivity index (χ1) is 16.0. The molecule has 2 aromatic carbocycles. The summed E-state index contributed by atoms with van der Waals surface area (Å²) in [7, 11) is 0. The van der Waals surface area contributed by atoms with E-state index in [0.717, 1.165) is 36.3 Å². The summed E-state index contributed by atoms with van der Waals surface area (Å²) in [5.74, 6) is 1.96. The number of benzene rings is 2. The number of rotatable bonds is 12. The highest BCUT2D eigenvalue weighted by atomic mass is 35.5. The number of aryl methyl sites for hydroxylation is 1. The average Bonchev–Trinajstić information content (AvgIpc) is 3.58. The van der Waals surface area contributed by atoms with Crippen LogP contribution in [0.1, 0.15) is 36.9 Å². The molecule has 0 radical (unpaired) electrons. The van der Waals surface area contributed by atoms with E-state index in [4.69, 9.17) is 21.4 Å². The summed E-state index contributed by atoms with van der Waals surface area (Å²) in [6.45, 7) is 8.02. The van der Waals surface area contributed by atoms with Crippen LogP contribution >= 0.6 is 11.6 Å². The van der Waals surface area contributed by atoms with E-state index in [9.17, 15) is 5.11 Å². The topological polar surface area (TPSA) is 50.5 Å². The molecule has 174 valence electrons. The Morgan fingerprint density at radius 1 is 1.21 bits per heavy atom. The fourth-order valence-electron chi connectivity index (χ4n) is 3.99. The zero-order valence-electron chi connectivity index (χ0n) is 19.2. The molecule has 0 bridgehead atoms. The molecule has 1 saturated carbocycles. The Labute approximate surface area is 201 Å². The van der Waals surface area contributed by atoms with Gasteiger partial charge in [-0.1, -0.05) is 48.0 Å². The highest BCUT2D eigenvalue weighted by Gasteiger charge is 2.28. The molecule has 1 fully saturated rings. The number of nitrogens with zero attached hydrogens (tertiary/aromatic N) is 3. The van der Waals surface area contributed by atoms with E-state index in [0.29, 0.717) is 35.7 Å². The molecule has 0 spiro atoms. The van der Waals surface area contributed by atoms with Gasteiger partial charge in [0.15, 0.2) is 0 Å². The van der Waals surface area contributed by atoms with Gasteiger partial charge >= 0.3 is 0 Å². The van der Waals surface area contributed by atoms with Gasteiger partial charge in [0, 0.05) is 19.6 Å². The third kappa shape index (κ3) is 6.26. The fraction of sp³-hybridized carbons (Fsp3) is 0.370. The Kier molecular flexibility index (Phi) is 7.86. The van der Waals surface area contributed by atoms with Crippen LogP contribution in [0.3, 0.4) is 0 Å². The first-order valence-corrected chi connectivity index (χ1v) is 12.0. The van der Waals surface area contributed by atoms with Gasteiger partial charge in [-0.15, -0.1) is 6.58 Å². The molecule has 0 unspecified atom stereocenters. The van der Waals surface area contributed by atoms with Crippen molar-refractivity contribution in [3.8, 4) is 17.3 Å². The minimum absolute atomic E-state index is 0.390. The minimum Gasteiger partial charge on any atom is -0.437 e. The standard InChI is InChI=1S/C27H32ClN3O2/c1-3-4-12-23(32)18-30(17-21-15-16-21)19-24-20(2)29-31(22-10-6-5-7-11-22)27(24)33-26-14-9-8-13-25(26)28/h3,5-11,13-14,21,23,32H,1,4,12,15-19H2,2H3/t23-/m0/s1. The van der Waals surface area contributed by atoms with Gasteiger partial charge in [0.1, 0.15) is 5.75 Å². The lowest BCUT2D eigenvalue weighted by molar-refractivity contribution is 0.0991. The number of ether oxygens (including phenoxy) is 1. The molecule has 6 heteroatoms. The Hall–Kier alpha value is -2.60. The van der Waals surface area contributed by atoms with Gasteiger partial charge in [-0.05, 0) is 62.8 Å².